The van der Waals surface area contributed by atoms with E-state index >= 15 is 0 Å². The first kappa shape index (κ1) is 11.3. The van der Waals surface area contributed by atoms with Crippen LogP contribution in [0.25, 0.3) is 0 Å². The predicted molar refractivity (Wildman–Crippen MR) is 44.8 cm³/mol. The van der Waals surface area contributed by atoms with Crippen molar-refractivity contribution < 1.29 is 0 Å². The van der Waals surface area contributed by atoms with E-state index in [0.717, 1.165) is 0 Å². The monoisotopic (exact) mass is 179 g/mol. The van der Waals surface area contributed by atoms with Crippen LogP contribution < -0.4 is 0 Å². The van der Waals surface area contributed by atoms with Crippen LogP contribution in [0.4, 0.5) is 0 Å². The molecule has 2 heteroatoms. The maximum atomic E-state index is 2.38. The minimum atomic E-state index is 0. The van der Waals surface area contributed by atoms with Crippen LogP contribution in [0.2, 0.25) is 0 Å². The Morgan fingerprint density at radius 3 is 1.12 bits per heavy atom. The molecule has 0 atom stereocenters. The Morgan fingerprint density at radius 1 is 0.875 bits per heavy atom. The Hall–Kier alpha value is 0.503. The fourth-order valence-electron chi connectivity index (χ4n) is 0.671. The van der Waals surface area contributed by atoms with Crippen LogP contribution >= 0.6 is 0 Å². The van der Waals surface area contributed by atoms with E-state index in [-0.39, 0.29) is 17.6 Å². The van der Waals surface area contributed by atoms with Gasteiger partial charge in [-0.05, 0) is 19.6 Å². The summed E-state index contributed by atoms with van der Waals surface area (Å²) >= 11 is 0. The predicted octanol–water partition coefficient (Wildman–Crippen LogP) is -0.103. The summed E-state index contributed by atoms with van der Waals surface area (Å²) in [5, 5.41) is 0. The SMILES string of the molecule is CCN(CC)CC.[GeH4]. The van der Waals surface area contributed by atoms with Gasteiger partial charge in [-0.3, -0.25) is 0 Å². The average Bonchev–Trinajstić information content (AvgIpc) is 1.72. The third kappa shape index (κ3) is 4.66. The van der Waals surface area contributed by atoms with Gasteiger partial charge < -0.3 is 4.90 Å². The number of rotatable bonds is 3. The van der Waals surface area contributed by atoms with Gasteiger partial charge in [0.25, 0.3) is 0 Å². The van der Waals surface area contributed by atoms with E-state index in [4.69, 9.17) is 0 Å². The molecule has 52 valence electrons. The summed E-state index contributed by atoms with van der Waals surface area (Å²) in [7, 11) is 0. The molecule has 0 N–H and O–H groups in total. The van der Waals surface area contributed by atoms with Crippen molar-refractivity contribution in [2.45, 2.75) is 20.8 Å². The number of nitrogens with zero attached hydrogens (tertiary/aromatic N) is 1. The summed E-state index contributed by atoms with van der Waals surface area (Å²) in [5.41, 5.74) is 0. The maximum absolute atomic E-state index is 2.38. The summed E-state index contributed by atoms with van der Waals surface area (Å²) in [5.74, 6) is 0. The molecule has 0 fully saturated rings. The van der Waals surface area contributed by atoms with E-state index in [9.17, 15) is 0 Å². The van der Waals surface area contributed by atoms with Crippen molar-refractivity contribution in [3.63, 3.8) is 0 Å². The van der Waals surface area contributed by atoms with Crippen LogP contribution in [0, 0.1) is 0 Å². The van der Waals surface area contributed by atoms with Crippen molar-refractivity contribution in [1.82, 2.24) is 4.90 Å². The second-order valence-electron chi connectivity index (χ2n) is 1.62. The zero-order valence-corrected chi connectivity index (χ0v) is 5.57. The van der Waals surface area contributed by atoms with Gasteiger partial charge in [0.1, 0.15) is 0 Å². The molecule has 0 aliphatic rings. The van der Waals surface area contributed by atoms with Crippen LogP contribution in [0.1, 0.15) is 20.8 Å². The van der Waals surface area contributed by atoms with Gasteiger partial charge >= 0.3 is 17.6 Å². The molecule has 0 saturated heterocycles. The van der Waals surface area contributed by atoms with E-state index < -0.39 is 0 Å². The van der Waals surface area contributed by atoms with Crippen molar-refractivity contribution in [2.24, 2.45) is 0 Å². The van der Waals surface area contributed by atoms with Crippen LogP contribution in [0.15, 0.2) is 0 Å². The van der Waals surface area contributed by atoms with Crippen molar-refractivity contribution in [3.05, 3.63) is 0 Å². The quantitative estimate of drug-likeness (QED) is 0.545. The van der Waals surface area contributed by atoms with Gasteiger partial charge in [-0.25, -0.2) is 0 Å². The van der Waals surface area contributed by atoms with Gasteiger partial charge in [-0.2, -0.15) is 0 Å². The summed E-state index contributed by atoms with van der Waals surface area (Å²) < 4.78 is 0. The third-order valence-corrected chi connectivity index (χ3v) is 1.34. The normalized spacial score (nSPS) is 9.00. The molecule has 0 saturated carbocycles. The molecule has 0 aliphatic heterocycles. The van der Waals surface area contributed by atoms with Gasteiger partial charge in [0.05, 0.1) is 0 Å². The first-order valence-corrected chi connectivity index (χ1v) is 3.07. The van der Waals surface area contributed by atoms with Crippen LogP contribution in [0.5, 0.6) is 0 Å². The fourth-order valence-corrected chi connectivity index (χ4v) is 0.671. The first-order chi connectivity index (χ1) is 3.35. The molecule has 8 heavy (non-hydrogen) atoms. The van der Waals surface area contributed by atoms with Gasteiger partial charge in [0.2, 0.25) is 0 Å². The van der Waals surface area contributed by atoms with Crippen molar-refractivity contribution in [3.8, 4) is 0 Å². The fraction of sp³-hybridized carbons (Fsp3) is 1.00. The van der Waals surface area contributed by atoms with Gasteiger partial charge in [-0.15, -0.1) is 0 Å². The Kier molecular flexibility index (Phi) is 10.6. The molecular formula is C6H19GeN. The summed E-state index contributed by atoms with van der Waals surface area (Å²) in [6, 6.07) is 0. The topological polar surface area (TPSA) is 3.24 Å². The van der Waals surface area contributed by atoms with Gasteiger partial charge in [0, 0.05) is 0 Å². The second-order valence-corrected chi connectivity index (χ2v) is 1.62. The molecule has 0 bridgehead atoms. The zero-order chi connectivity index (χ0) is 5.70. The molecule has 0 rings (SSSR count). The molecule has 0 unspecified atom stereocenters. The Bertz CT molecular complexity index is 30.0. The molecule has 0 aromatic heterocycles. The van der Waals surface area contributed by atoms with E-state index in [0.29, 0.717) is 0 Å². The standard InChI is InChI=1S/C6H15N.GeH4/c1-4-7(5-2)6-3;/h4-6H2,1-3H3;1H4. The molecule has 0 radical (unpaired) electrons. The average molecular weight is 178 g/mol. The van der Waals surface area contributed by atoms with Crippen LogP contribution in [-0.2, 0) is 0 Å². The van der Waals surface area contributed by atoms with Crippen molar-refractivity contribution >= 4 is 17.6 Å². The molecule has 0 aromatic rings. The molecule has 1 nitrogen and oxygen atoms in total. The molecule has 0 amide bonds. The molecule has 0 aliphatic carbocycles. The van der Waals surface area contributed by atoms with E-state index in [1.165, 1.54) is 19.6 Å². The van der Waals surface area contributed by atoms with E-state index in [2.05, 4.69) is 25.7 Å². The van der Waals surface area contributed by atoms with Gasteiger partial charge in [0.15, 0.2) is 0 Å². The summed E-state index contributed by atoms with van der Waals surface area (Å²) in [4.78, 5) is 2.38. The Labute approximate surface area is 63.4 Å². The van der Waals surface area contributed by atoms with E-state index in [1.54, 1.807) is 0 Å². The first-order valence-electron chi connectivity index (χ1n) is 3.07. The van der Waals surface area contributed by atoms with Crippen molar-refractivity contribution in [1.29, 1.82) is 0 Å². The molecule has 0 heterocycles. The molecule has 0 aromatic carbocycles. The van der Waals surface area contributed by atoms with Crippen molar-refractivity contribution in [2.75, 3.05) is 19.6 Å². The third-order valence-electron chi connectivity index (χ3n) is 1.34. The van der Waals surface area contributed by atoms with E-state index in [1.807, 2.05) is 0 Å². The summed E-state index contributed by atoms with van der Waals surface area (Å²) in [6.45, 7) is 10.1. The molecular weight excluding hydrogens is 159 g/mol. The van der Waals surface area contributed by atoms with Crippen LogP contribution in [0.3, 0.4) is 0 Å². The number of hydrogen-bond donors (Lipinski definition) is 0. The second kappa shape index (κ2) is 7.50. The molecule has 0 spiro atoms. The Balaban J connectivity index is 0. The summed E-state index contributed by atoms with van der Waals surface area (Å²) in [6.07, 6.45) is 0. The number of hydrogen-bond acceptors (Lipinski definition) is 1. The zero-order valence-electron chi connectivity index (χ0n) is 5.57. The minimum absolute atomic E-state index is 0. The van der Waals surface area contributed by atoms with Crippen LogP contribution in [-0.4, -0.2) is 42.1 Å². The van der Waals surface area contributed by atoms with Gasteiger partial charge in [-0.1, -0.05) is 20.8 Å². The Morgan fingerprint density at radius 2 is 1.12 bits per heavy atom.